The Hall–Kier alpha value is -3.07. The van der Waals surface area contributed by atoms with Crippen molar-refractivity contribution in [2.75, 3.05) is 0 Å². The summed E-state index contributed by atoms with van der Waals surface area (Å²) in [5.41, 5.74) is 4.39. The molecule has 2 heterocycles. The number of rotatable bonds is 2. The van der Waals surface area contributed by atoms with Gasteiger partial charge in [0.25, 0.3) is 0 Å². The van der Waals surface area contributed by atoms with Gasteiger partial charge in [-0.2, -0.15) is 0 Å². The van der Waals surface area contributed by atoms with Crippen LogP contribution in [0, 0.1) is 5.41 Å². The zero-order chi connectivity index (χ0) is 16.1. The fourth-order valence-corrected chi connectivity index (χ4v) is 4.14. The van der Waals surface area contributed by atoms with Gasteiger partial charge in [0.2, 0.25) is 0 Å². The molecule has 1 N–H and O–H groups in total. The number of nitrogens with zero attached hydrogens (tertiary/aromatic N) is 2. The van der Waals surface area contributed by atoms with Crippen LogP contribution in [-0.4, -0.2) is 16.6 Å². The lowest BCUT2D eigenvalue weighted by Gasteiger charge is -2.03. The molecule has 112 valence electrons. The maximum absolute atomic E-state index is 7.83. The van der Waals surface area contributed by atoms with Gasteiger partial charge in [-0.1, -0.05) is 42.5 Å². The summed E-state index contributed by atoms with van der Waals surface area (Å²) in [6.07, 6.45) is 0. The lowest BCUT2D eigenvalue weighted by Crippen LogP contribution is -2.02. The fraction of sp³-hybridized carbons (Fsp3) is 0. The maximum atomic E-state index is 7.83. The number of aromatic nitrogens is 1. The molecule has 1 aliphatic rings. The summed E-state index contributed by atoms with van der Waals surface area (Å²) in [4.78, 5) is 9.45. The van der Waals surface area contributed by atoms with E-state index in [-0.39, 0.29) is 0 Å². The van der Waals surface area contributed by atoms with Gasteiger partial charge in [0.05, 0.1) is 27.2 Å². The first-order valence-electron chi connectivity index (χ1n) is 7.62. The van der Waals surface area contributed by atoms with Crippen molar-refractivity contribution < 1.29 is 0 Å². The molecule has 0 atom stereocenters. The highest BCUT2D eigenvalue weighted by atomic mass is 32.1. The predicted octanol–water partition coefficient (Wildman–Crippen LogP) is 5.22. The van der Waals surface area contributed by atoms with E-state index in [1.165, 1.54) is 0 Å². The summed E-state index contributed by atoms with van der Waals surface area (Å²) >= 11 is 1.57. The largest absolute Gasteiger partial charge is 0.258 e. The van der Waals surface area contributed by atoms with Gasteiger partial charge in [-0.05, 0) is 29.5 Å². The number of fused-ring (bicyclic) bond motifs is 1. The van der Waals surface area contributed by atoms with Gasteiger partial charge < -0.3 is 0 Å². The molecule has 0 bridgehead atoms. The summed E-state index contributed by atoms with van der Waals surface area (Å²) in [5.74, 6) is 2.58. The normalized spacial score (nSPS) is 12.4. The van der Waals surface area contributed by atoms with Crippen molar-refractivity contribution in [2.45, 2.75) is 0 Å². The van der Waals surface area contributed by atoms with Crippen molar-refractivity contribution in [3.63, 3.8) is 0 Å². The summed E-state index contributed by atoms with van der Waals surface area (Å²) in [6, 6.07) is 20.3. The Labute approximate surface area is 142 Å². The first-order chi connectivity index (χ1) is 11.8. The number of hydrogen-bond donors (Lipinski definition) is 1. The average Bonchev–Trinajstić information content (AvgIpc) is 3.20. The molecular formula is C20H11N3S. The Morgan fingerprint density at radius 3 is 2.62 bits per heavy atom. The van der Waals surface area contributed by atoms with E-state index in [2.05, 4.69) is 29.1 Å². The van der Waals surface area contributed by atoms with Crippen molar-refractivity contribution in [3.05, 3.63) is 71.2 Å². The third kappa shape index (κ3) is 1.81. The quantitative estimate of drug-likeness (QED) is 0.505. The predicted molar refractivity (Wildman–Crippen MR) is 101 cm³/mol. The van der Waals surface area contributed by atoms with Gasteiger partial charge in [-0.25, -0.2) is 9.98 Å². The highest BCUT2D eigenvalue weighted by Crippen LogP contribution is 2.39. The molecule has 3 aromatic carbocycles. The fourth-order valence-electron chi connectivity index (χ4n) is 3.18. The van der Waals surface area contributed by atoms with Crippen molar-refractivity contribution in [1.29, 1.82) is 5.41 Å². The lowest BCUT2D eigenvalue weighted by molar-refractivity contribution is 1.45. The molecule has 0 saturated heterocycles. The van der Waals surface area contributed by atoms with Crippen LogP contribution >= 0.6 is 11.3 Å². The summed E-state index contributed by atoms with van der Waals surface area (Å²) in [6.45, 7) is 0. The van der Waals surface area contributed by atoms with Crippen molar-refractivity contribution in [2.24, 2.45) is 4.99 Å². The van der Waals surface area contributed by atoms with Crippen LogP contribution < -0.4 is 0 Å². The van der Waals surface area contributed by atoms with Crippen LogP contribution in [0.4, 0.5) is 5.69 Å². The van der Waals surface area contributed by atoms with Crippen LogP contribution in [-0.2, 0) is 0 Å². The second kappa shape index (κ2) is 4.96. The van der Waals surface area contributed by atoms with Gasteiger partial charge >= 0.3 is 0 Å². The number of thiazole rings is 1. The minimum atomic E-state index is 0.653. The highest BCUT2D eigenvalue weighted by Gasteiger charge is 2.24. The minimum absolute atomic E-state index is 0.653. The number of para-hydroxylation sites is 1. The molecule has 0 fully saturated rings. The number of hydrogen-bond acceptors (Lipinski definition) is 4. The molecular weight excluding hydrogens is 314 g/mol. The van der Waals surface area contributed by atoms with Gasteiger partial charge in [-0.3, -0.25) is 5.41 Å². The molecule has 24 heavy (non-hydrogen) atoms. The van der Waals surface area contributed by atoms with Gasteiger partial charge in [0.1, 0.15) is 5.01 Å². The number of nitrogens with one attached hydrogen (secondary N) is 1. The van der Waals surface area contributed by atoms with Crippen LogP contribution in [0.5, 0.6) is 0 Å². The third-order valence-electron chi connectivity index (χ3n) is 4.24. The van der Waals surface area contributed by atoms with Crippen LogP contribution in [0.25, 0.3) is 26.6 Å². The van der Waals surface area contributed by atoms with Crippen molar-refractivity contribution in [1.82, 2.24) is 4.98 Å². The van der Waals surface area contributed by atoms with E-state index in [9.17, 15) is 0 Å². The first kappa shape index (κ1) is 13.4. The van der Waals surface area contributed by atoms with E-state index >= 15 is 0 Å². The minimum Gasteiger partial charge on any atom is -0.258 e. The molecule has 0 radical (unpaired) electrons. The van der Waals surface area contributed by atoms with Crippen LogP contribution in [0.3, 0.4) is 0 Å². The van der Waals surface area contributed by atoms with Crippen LogP contribution in [0.1, 0.15) is 10.6 Å². The Kier molecular flexibility index (Phi) is 2.77. The maximum Gasteiger partial charge on any atom is 0.136 e. The van der Waals surface area contributed by atoms with E-state index in [0.29, 0.717) is 5.57 Å². The number of benzene rings is 3. The van der Waals surface area contributed by atoms with E-state index in [1.807, 2.05) is 42.5 Å². The molecule has 0 amide bonds. The standard InChI is InChI=1S/C20H11N3S/c21-11-14(20-23-15-8-1-2-10-17(15)24-20)19-13-7-3-5-12-6-4-9-16(22-19)18(12)13/h1-10,21H. The average molecular weight is 325 g/mol. The van der Waals surface area contributed by atoms with Gasteiger partial charge in [-0.15, -0.1) is 11.3 Å². The van der Waals surface area contributed by atoms with E-state index in [0.717, 1.165) is 43.0 Å². The van der Waals surface area contributed by atoms with E-state index < -0.39 is 0 Å². The monoisotopic (exact) mass is 325 g/mol. The molecule has 0 unspecified atom stereocenters. The zero-order valence-corrected chi connectivity index (χ0v) is 13.4. The van der Waals surface area contributed by atoms with Gasteiger partial charge in [0, 0.05) is 10.9 Å². The molecule has 1 aliphatic heterocycles. The van der Waals surface area contributed by atoms with Crippen molar-refractivity contribution in [3.8, 4) is 0 Å². The smallest absolute Gasteiger partial charge is 0.136 e. The third-order valence-corrected chi connectivity index (χ3v) is 5.29. The second-order valence-corrected chi connectivity index (χ2v) is 6.66. The molecule has 1 aromatic heterocycles. The Bertz CT molecular complexity index is 1170. The molecule has 5 rings (SSSR count). The molecule has 0 aliphatic carbocycles. The summed E-state index contributed by atoms with van der Waals surface area (Å²) < 4.78 is 1.11. The molecule has 4 heteroatoms. The Balaban J connectivity index is 1.74. The number of aliphatic imine (C=N–C) groups is 1. The summed E-state index contributed by atoms with van der Waals surface area (Å²) in [7, 11) is 0. The Morgan fingerprint density at radius 2 is 1.79 bits per heavy atom. The van der Waals surface area contributed by atoms with Crippen LogP contribution in [0.15, 0.2) is 65.7 Å². The number of allylic oxidation sites excluding steroid dienone is 1. The summed E-state index contributed by atoms with van der Waals surface area (Å²) in [5, 5.41) is 10.9. The molecule has 3 nitrogen and oxygen atoms in total. The zero-order valence-electron chi connectivity index (χ0n) is 12.6. The molecule has 0 spiro atoms. The SMILES string of the molecule is N=C=C(C1=Nc2cccc3cccc1c23)c1nc2ccccc2s1. The Morgan fingerprint density at radius 1 is 0.958 bits per heavy atom. The second-order valence-electron chi connectivity index (χ2n) is 5.63. The first-order valence-corrected chi connectivity index (χ1v) is 8.43. The highest BCUT2D eigenvalue weighted by molar-refractivity contribution is 7.20. The lowest BCUT2D eigenvalue weighted by atomic mass is 9.99. The van der Waals surface area contributed by atoms with E-state index in [1.54, 1.807) is 11.3 Å². The molecule has 0 saturated carbocycles. The van der Waals surface area contributed by atoms with Gasteiger partial charge in [0.15, 0.2) is 0 Å². The topological polar surface area (TPSA) is 49.1 Å². The van der Waals surface area contributed by atoms with Crippen LogP contribution in [0.2, 0.25) is 0 Å². The van der Waals surface area contributed by atoms with Crippen molar-refractivity contribution >= 4 is 55.2 Å². The van der Waals surface area contributed by atoms with E-state index in [4.69, 9.17) is 10.4 Å². The molecule has 4 aromatic rings.